The van der Waals surface area contributed by atoms with Crippen LogP contribution in [0.5, 0.6) is 0 Å². The molecular formula is C18H27NO2S. The molecule has 1 aromatic carbocycles. The van der Waals surface area contributed by atoms with Gasteiger partial charge in [0.1, 0.15) is 0 Å². The van der Waals surface area contributed by atoms with Gasteiger partial charge in [-0.15, -0.1) is 11.8 Å². The lowest BCUT2D eigenvalue weighted by Gasteiger charge is -2.24. The Morgan fingerprint density at radius 2 is 2.00 bits per heavy atom. The molecule has 2 N–H and O–H groups in total. The number of benzene rings is 1. The van der Waals surface area contributed by atoms with E-state index in [0.29, 0.717) is 24.0 Å². The van der Waals surface area contributed by atoms with Crippen LogP contribution in [0.1, 0.15) is 44.6 Å². The third-order valence-electron chi connectivity index (χ3n) is 4.21. The second-order valence-corrected chi connectivity index (χ2v) is 7.77. The number of carbonyl (C=O) groups excluding carboxylic acids is 1. The highest BCUT2D eigenvalue weighted by atomic mass is 32.2. The normalized spacial score (nSPS) is 18.1. The number of hydrogen-bond acceptors (Lipinski definition) is 3. The molecule has 0 spiro atoms. The Bertz CT molecular complexity index is 455. The fraction of sp³-hybridized carbons (Fsp3) is 0.611. The molecule has 1 atom stereocenters. The van der Waals surface area contributed by atoms with Crippen LogP contribution in [0.3, 0.4) is 0 Å². The van der Waals surface area contributed by atoms with Crippen LogP contribution in [-0.4, -0.2) is 34.2 Å². The molecule has 0 aliphatic heterocycles. The third-order valence-corrected chi connectivity index (χ3v) is 5.59. The zero-order valence-corrected chi connectivity index (χ0v) is 14.2. The van der Waals surface area contributed by atoms with Gasteiger partial charge < -0.3 is 10.4 Å². The first-order chi connectivity index (χ1) is 10.6. The fourth-order valence-corrected chi connectivity index (χ4v) is 3.89. The second kappa shape index (κ2) is 8.59. The molecule has 0 saturated heterocycles. The molecule has 0 radical (unpaired) electrons. The van der Waals surface area contributed by atoms with Crippen LogP contribution < -0.4 is 5.32 Å². The lowest BCUT2D eigenvalue weighted by Crippen LogP contribution is -2.41. The molecule has 1 aliphatic carbocycles. The summed E-state index contributed by atoms with van der Waals surface area (Å²) >= 11 is 1.76. The Kier molecular flexibility index (Phi) is 6.77. The average Bonchev–Trinajstić information content (AvgIpc) is 3.04. The summed E-state index contributed by atoms with van der Waals surface area (Å²) in [6, 6.07) is 10.1. The lowest BCUT2D eigenvalue weighted by atomic mass is 9.97. The summed E-state index contributed by atoms with van der Waals surface area (Å²) in [4.78, 5) is 11.9. The van der Waals surface area contributed by atoms with Crippen molar-refractivity contribution in [3.8, 4) is 0 Å². The van der Waals surface area contributed by atoms with E-state index in [-0.39, 0.29) is 5.91 Å². The quantitative estimate of drug-likeness (QED) is 0.773. The molecule has 3 nitrogen and oxygen atoms in total. The van der Waals surface area contributed by atoms with Crippen molar-refractivity contribution in [2.24, 2.45) is 0 Å². The molecule has 4 heteroatoms. The first-order valence-electron chi connectivity index (χ1n) is 8.20. The first kappa shape index (κ1) is 17.4. The smallest absolute Gasteiger partial charge is 0.230 e. The summed E-state index contributed by atoms with van der Waals surface area (Å²) in [5.41, 5.74) is 0.356. The molecule has 1 aliphatic rings. The topological polar surface area (TPSA) is 49.3 Å². The van der Waals surface area contributed by atoms with E-state index in [1.54, 1.807) is 18.7 Å². The van der Waals surface area contributed by atoms with Crippen LogP contribution in [-0.2, 0) is 11.2 Å². The molecule has 1 fully saturated rings. The number of amides is 1. The van der Waals surface area contributed by atoms with Gasteiger partial charge in [-0.05, 0) is 38.2 Å². The molecule has 1 aromatic rings. The molecular weight excluding hydrogens is 294 g/mol. The van der Waals surface area contributed by atoms with E-state index in [4.69, 9.17) is 0 Å². The average molecular weight is 321 g/mol. The first-order valence-corrected chi connectivity index (χ1v) is 9.25. The summed E-state index contributed by atoms with van der Waals surface area (Å²) in [5.74, 6) is 0.552. The number of hydrogen-bond donors (Lipinski definition) is 2. The molecule has 0 aromatic heterocycles. The zero-order valence-electron chi connectivity index (χ0n) is 13.4. The summed E-state index contributed by atoms with van der Waals surface area (Å²) < 4.78 is 0. The molecule has 1 amide bonds. The highest BCUT2D eigenvalue weighted by molar-refractivity contribution is 8.00. The van der Waals surface area contributed by atoms with Crippen LogP contribution in [0.15, 0.2) is 30.3 Å². The molecule has 0 heterocycles. The van der Waals surface area contributed by atoms with Crippen molar-refractivity contribution in [3.63, 3.8) is 0 Å². The number of aliphatic hydroxyl groups is 1. The van der Waals surface area contributed by atoms with Gasteiger partial charge >= 0.3 is 0 Å². The molecule has 22 heavy (non-hydrogen) atoms. The second-order valence-electron chi connectivity index (χ2n) is 6.48. The van der Waals surface area contributed by atoms with Crippen molar-refractivity contribution < 1.29 is 9.90 Å². The highest BCUT2D eigenvalue weighted by Gasteiger charge is 2.22. The maximum atomic E-state index is 11.9. The van der Waals surface area contributed by atoms with Crippen molar-refractivity contribution >= 4 is 17.7 Å². The molecule has 2 rings (SSSR count). The van der Waals surface area contributed by atoms with E-state index in [1.165, 1.54) is 31.2 Å². The number of thioether (sulfide) groups is 1. The fourth-order valence-electron chi connectivity index (χ4n) is 2.74. The molecule has 0 unspecified atom stereocenters. The van der Waals surface area contributed by atoms with Crippen molar-refractivity contribution in [2.75, 3.05) is 12.3 Å². The summed E-state index contributed by atoms with van der Waals surface area (Å²) in [6.45, 7) is 2.12. The van der Waals surface area contributed by atoms with Crippen molar-refractivity contribution in [1.82, 2.24) is 5.32 Å². The number of rotatable bonds is 8. The van der Waals surface area contributed by atoms with E-state index in [1.807, 2.05) is 18.2 Å². The van der Waals surface area contributed by atoms with Gasteiger partial charge in [0, 0.05) is 11.8 Å². The lowest BCUT2D eigenvalue weighted by molar-refractivity contribution is -0.119. The van der Waals surface area contributed by atoms with Gasteiger partial charge in [-0.1, -0.05) is 43.2 Å². The largest absolute Gasteiger partial charge is 0.388 e. The van der Waals surface area contributed by atoms with E-state index in [9.17, 15) is 9.90 Å². The van der Waals surface area contributed by atoms with Gasteiger partial charge in [0.25, 0.3) is 0 Å². The summed E-state index contributed by atoms with van der Waals surface area (Å²) in [7, 11) is 0. The molecule has 1 saturated carbocycles. The Morgan fingerprint density at radius 1 is 1.32 bits per heavy atom. The van der Waals surface area contributed by atoms with Gasteiger partial charge in [-0.2, -0.15) is 0 Å². The van der Waals surface area contributed by atoms with Gasteiger partial charge in [0.2, 0.25) is 5.91 Å². The van der Waals surface area contributed by atoms with Crippen LogP contribution in [0, 0.1) is 0 Å². The Morgan fingerprint density at radius 3 is 2.68 bits per heavy atom. The van der Waals surface area contributed by atoms with Crippen LogP contribution in [0.25, 0.3) is 0 Å². The van der Waals surface area contributed by atoms with Gasteiger partial charge in [0.15, 0.2) is 0 Å². The highest BCUT2D eigenvalue weighted by Crippen LogP contribution is 2.29. The van der Waals surface area contributed by atoms with Crippen LogP contribution in [0.2, 0.25) is 0 Å². The Hall–Kier alpha value is -1.000. The van der Waals surface area contributed by atoms with Crippen molar-refractivity contribution in [1.29, 1.82) is 0 Å². The molecule has 122 valence electrons. The minimum Gasteiger partial charge on any atom is -0.388 e. The van der Waals surface area contributed by atoms with E-state index in [2.05, 4.69) is 17.4 Å². The predicted molar refractivity (Wildman–Crippen MR) is 93.1 cm³/mol. The monoisotopic (exact) mass is 321 g/mol. The van der Waals surface area contributed by atoms with Crippen LogP contribution in [0.4, 0.5) is 0 Å². The van der Waals surface area contributed by atoms with Crippen molar-refractivity contribution in [3.05, 3.63) is 35.9 Å². The standard InChI is InChI=1S/C18H27NO2S/c1-18(21,12-11-15-7-3-2-4-8-15)14-19-17(20)13-22-16-9-5-6-10-16/h2-4,7-8,16,21H,5-6,9-14H2,1H3,(H,19,20)/t18-/m0/s1. The van der Waals surface area contributed by atoms with Crippen LogP contribution >= 0.6 is 11.8 Å². The molecule has 0 bridgehead atoms. The van der Waals surface area contributed by atoms with Crippen molar-refractivity contribution in [2.45, 2.75) is 56.3 Å². The minimum absolute atomic E-state index is 0.0388. The maximum Gasteiger partial charge on any atom is 0.230 e. The number of carbonyl (C=O) groups is 1. The Labute approximate surface area is 137 Å². The SMILES string of the molecule is C[C@](O)(CCc1ccccc1)CNC(=O)CSC1CCCC1. The third kappa shape index (κ3) is 6.41. The van der Waals surface area contributed by atoms with E-state index < -0.39 is 5.60 Å². The van der Waals surface area contributed by atoms with Gasteiger partial charge in [0.05, 0.1) is 11.4 Å². The number of nitrogens with one attached hydrogen (secondary N) is 1. The maximum absolute atomic E-state index is 11.9. The van der Waals surface area contributed by atoms with E-state index >= 15 is 0 Å². The summed E-state index contributed by atoms with van der Waals surface area (Å²) in [5, 5.41) is 13.9. The van der Waals surface area contributed by atoms with E-state index in [0.717, 1.165) is 6.42 Å². The number of aryl methyl sites for hydroxylation is 1. The van der Waals surface area contributed by atoms with Gasteiger partial charge in [-0.3, -0.25) is 4.79 Å². The Balaban J connectivity index is 1.64. The minimum atomic E-state index is -0.858. The summed E-state index contributed by atoms with van der Waals surface area (Å²) in [6.07, 6.45) is 6.55. The zero-order chi connectivity index (χ0) is 15.8. The van der Waals surface area contributed by atoms with Gasteiger partial charge in [-0.25, -0.2) is 0 Å². The predicted octanol–water partition coefficient (Wildman–Crippen LogP) is 3.16.